The molecule has 0 saturated carbocycles. The largest absolute Gasteiger partial charge is 0.311 e. The number of fused-ring (bicyclic) bond motifs is 2. The number of ketones is 1. The predicted octanol–water partition coefficient (Wildman–Crippen LogP) is 3.34. The second-order valence-corrected chi connectivity index (χ2v) is 5.56. The highest BCUT2D eigenvalue weighted by Crippen LogP contribution is 2.34. The van der Waals surface area contributed by atoms with Gasteiger partial charge < -0.3 is 5.32 Å². The van der Waals surface area contributed by atoms with E-state index in [2.05, 4.69) is 5.32 Å². The van der Waals surface area contributed by atoms with Crippen molar-refractivity contribution in [3.8, 4) is 0 Å². The highest BCUT2D eigenvalue weighted by Gasteiger charge is 2.37. The van der Waals surface area contributed by atoms with Gasteiger partial charge in [0.05, 0.1) is 0 Å². The van der Waals surface area contributed by atoms with Crippen molar-refractivity contribution in [2.45, 2.75) is 44.2 Å². The van der Waals surface area contributed by atoms with E-state index in [-0.39, 0.29) is 22.8 Å². The zero-order valence-corrected chi connectivity index (χ0v) is 10.6. The van der Waals surface area contributed by atoms with Crippen molar-refractivity contribution in [1.29, 1.82) is 0 Å². The highest BCUT2D eigenvalue weighted by atomic mass is 19.3. The number of hydrogen-bond acceptors (Lipinski definition) is 2. The zero-order valence-electron chi connectivity index (χ0n) is 10.6. The molecule has 2 aliphatic rings. The van der Waals surface area contributed by atoms with Crippen molar-refractivity contribution >= 4 is 5.78 Å². The Bertz CT molecular complexity index is 477. The van der Waals surface area contributed by atoms with Gasteiger partial charge >= 0.3 is 0 Å². The van der Waals surface area contributed by atoms with Crippen LogP contribution in [0.1, 0.15) is 48.0 Å². The first-order valence-electron chi connectivity index (χ1n) is 6.82. The number of alkyl halides is 2. The molecule has 19 heavy (non-hydrogen) atoms. The molecule has 0 radical (unpaired) electrons. The van der Waals surface area contributed by atoms with Gasteiger partial charge in [0, 0.05) is 29.1 Å². The van der Waals surface area contributed by atoms with Gasteiger partial charge in [0.2, 0.25) is 0 Å². The lowest BCUT2D eigenvalue weighted by atomic mass is 9.84. The van der Waals surface area contributed by atoms with E-state index in [0.717, 1.165) is 25.7 Å². The standard InChI is InChI=1S/C15H17F2NO/c16-15(17)13-4-2-1-3-12(13)14(19)9-7-10-5-6-11(8-9)18-10/h1-4,9-11,15,18H,5-8H2. The van der Waals surface area contributed by atoms with E-state index in [9.17, 15) is 13.6 Å². The van der Waals surface area contributed by atoms with Crippen LogP contribution in [0.5, 0.6) is 0 Å². The SMILES string of the molecule is O=C(c1ccccc1C(F)F)C1CC2CCC(C1)N2. The number of hydrogen-bond donors (Lipinski definition) is 1. The van der Waals surface area contributed by atoms with Gasteiger partial charge in [0.1, 0.15) is 0 Å². The van der Waals surface area contributed by atoms with Crippen molar-refractivity contribution in [2.24, 2.45) is 5.92 Å². The van der Waals surface area contributed by atoms with Crippen LogP contribution in [-0.2, 0) is 0 Å². The zero-order chi connectivity index (χ0) is 13.4. The van der Waals surface area contributed by atoms with E-state index in [1.165, 1.54) is 12.1 Å². The predicted molar refractivity (Wildman–Crippen MR) is 68.4 cm³/mol. The second-order valence-electron chi connectivity index (χ2n) is 5.56. The van der Waals surface area contributed by atoms with Crippen LogP contribution in [0, 0.1) is 5.92 Å². The first-order valence-corrected chi connectivity index (χ1v) is 6.82. The Kier molecular flexibility index (Phi) is 3.35. The number of Topliss-reactive ketones (excluding diaryl/α,β-unsaturated/α-hetero) is 1. The number of carbonyl (C=O) groups is 1. The molecule has 2 aliphatic heterocycles. The van der Waals surface area contributed by atoms with Gasteiger partial charge in [-0.2, -0.15) is 0 Å². The summed E-state index contributed by atoms with van der Waals surface area (Å²) in [6.07, 6.45) is 1.19. The average Bonchev–Trinajstić information content (AvgIpc) is 2.76. The molecule has 2 heterocycles. The number of piperidine rings is 1. The molecular weight excluding hydrogens is 248 g/mol. The van der Waals surface area contributed by atoms with E-state index in [4.69, 9.17) is 0 Å². The summed E-state index contributed by atoms with van der Waals surface area (Å²) in [5, 5.41) is 3.46. The van der Waals surface area contributed by atoms with Crippen molar-refractivity contribution in [3.05, 3.63) is 35.4 Å². The van der Waals surface area contributed by atoms with Crippen molar-refractivity contribution in [2.75, 3.05) is 0 Å². The Labute approximate surface area is 111 Å². The summed E-state index contributed by atoms with van der Waals surface area (Å²) < 4.78 is 25.9. The Hall–Kier alpha value is -1.29. The molecule has 1 aromatic rings. The molecule has 0 spiro atoms. The summed E-state index contributed by atoms with van der Waals surface area (Å²) >= 11 is 0. The molecular formula is C15H17F2NO. The summed E-state index contributed by atoms with van der Waals surface area (Å²) in [6.45, 7) is 0. The molecule has 2 fully saturated rings. The minimum Gasteiger partial charge on any atom is -0.311 e. The lowest BCUT2D eigenvalue weighted by Gasteiger charge is -2.28. The maximum absolute atomic E-state index is 13.0. The van der Waals surface area contributed by atoms with Crippen molar-refractivity contribution < 1.29 is 13.6 Å². The van der Waals surface area contributed by atoms with E-state index >= 15 is 0 Å². The summed E-state index contributed by atoms with van der Waals surface area (Å²) in [7, 11) is 0. The molecule has 2 atom stereocenters. The maximum Gasteiger partial charge on any atom is 0.264 e. The van der Waals surface area contributed by atoms with Gasteiger partial charge in [0.25, 0.3) is 6.43 Å². The van der Waals surface area contributed by atoms with Crippen LogP contribution in [-0.4, -0.2) is 17.9 Å². The number of carbonyl (C=O) groups excluding carboxylic acids is 1. The lowest BCUT2D eigenvalue weighted by Crippen LogP contribution is -2.40. The van der Waals surface area contributed by atoms with Crippen molar-refractivity contribution in [1.82, 2.24) is 5.32 Å². The molecule has 0 amide bonds. The third-order valence-electron chi connectivity index (χ3n) is 4.31. The van der Waals surface area contributed by atoms with Gasteiger partial charge in [0.15, 0.2) is 5.78 Å². The Morgan fingerprint density at radius 2 is 1.79 bits per heavy atom. The molecule has 102 valence electrons. The summed E-state index contributed by atoms with van der Waals surface area (Å²) in [5.41, 5.74) is 0.0854. The first kappa shape index (κ1) is 12.7. The first-order chi connectivity index (χ1) is 9.15. The molecule has 2 nitrogen and oxygen atoms in total. The monoisotopic (exact) mass is 265 g/mol. The average molecular weight is 265 g/mol. The van der Waals surface area contributed by atoms with E-state index in [1.807, 2.05) is 0 Å². The third kappa shape index (κ3) is 2.41. The second kappa shape index (κ2) is 5.00. The minimum absolute atomic E-state index is 0.0985. The number of benzene rings is 1. The van der Waals surface area contributed by atoms with Gasteiger partial charge in [-0.15, -0.1) is 0 Å². The fourth-order valence-electron chi connectivity index (χ4n) is 3.40. The summed E-state index contributed by atoms with van der Waals surface area (Å²) in [5.74, 6) is -0.201. The molecule has 1 N–H and O–H groups in total. The molecule has 3 rings (SSSR count). The lowest BCUT2D eigenvalue weighted by molar-refractivity contribution is 0.0863. The van der Waals surface area contributed by atoms with E-state index in [1.54, 1.807) is 12.1 Å². The normalized spacial score (nSPS) is 29.7. The molecule has 1 aromatic carbocycles. The van der Waals surface area contributed by atoms with Crippen LogP contribution in [0.25, 0.3) is 0 Å². The maximum atomic E-state index is 13.0. The Balaban J connectivity index is 1.84. The van der Waals surface area contributed by atoms with Crippen LogP contribution in [0.4, 0.5) is 8.78 Å². The molecule has 2 unspecified atom stereocenters. The van der Waals surface area contributed by atoms with Gasteiger partial charge in [-0.3, -0.25) is 4.79 Å². The number of halogens is 2. The summed E-state index contributed by atoms with van der Waals surface area (Å²) in [6, 6.07) is 6.90. The van der Waals surface area contributed by atoms with Gasteiger partial charge in [-0.05, 0) is 25.7 Å². The molecule has 4 heteroatoms. The molecule has 2 bridgehead atoms. The van der Waals surface area contributed by atoms with E-state index in [0.29, 0.717) is 12.1 Å². The Morgan fingerprint density at radius 3 is 2.42 bits per heavy atom. The topological polar surface area (TPSA) is 29.1 Å². The molecule has 0 aromatic heterocycles. The minimum atomic E-state index is -2.58. The van der Waals surface area contributed by atoms with Gasteiger partial charge in [-0.25, -0.2) is 8.78 Å². The van der Waals surface area contributed by atoms with Crippen molar-refractivity contribution in [3.63, 3.8) is 0 Å². The quantitative estimate of drug-likeness (QED) is 0.849. The summed E-state index contributed by atoms with van der Waals surface area (Å²) in [4.78, 5) is 12.5. The Morgan fingerprint density at radius 1 is 1.16 bits per heavy atom. The van der Waals surface area contributed by atoms with Crippen LogP contribution >= 0.6 is 0 Å². The fraction of sp³-hybridized carbons (Fsp3) is 0.533. The molecule has 2 saturated heterocycles. The third-order valence-corrected chi connectivity index (χ3v) is 4.31. The van der Waals surface area contributed by atoms with Gasteiger partial charge in [-0.1, -0.05) is 24.3 Å². The number of rotatable bonds is 3. The smallest absolute Gasteiger partial charge is 0.264 e. The fourth-order valence-corrected chi connectivity index (χ4v) is 3.40. The van der Waals surface area contributed by atoms with Crippen LogP contribution in [0.3, 0.4) is 0 Å². The van der Waals surface area contributed by atoms with E-state index < -0.39 is 6.43 Å². The van der Waals surface area contributed by atoms with Crippen LogP contribution in [0.15, 0.2) is 24.3 Å². The van der Waals surface area contributed by atoms with Crippen LogP contribution < -0.4 is 5.32 Å². The number of nitrogens with one attached hydrogen (secondary N) is 1. The highest BCUT2D eigenvalue weighted by molar-refractivity contribution is 5.99. The molecule has 0 aliphatic carbocycles. The van der Waals surface area contributed by atoms with Crippen LogP contribution in [0.2, 0.25) is 0 Å².